The van der Waals surface area contributed by atoms with Crippen LogP contribution in [0.4, 0.5) is 4.39 Å². The van der Waals surface area contributed by atoms with E-state index < -0.39 is 6.10 Å². The van der Waals surface area contributed by atoms with Gasteiger partial charge in [-0.3, -0.25) is 0 Å². The van der Waals surface area contributed by atoms with Gasteiger partial charge in [0, 0.05) is 16.0 Å². The lowest BCUT2D eigenvalue weighted by Gasteiger charge is -2.03. The smallest absolute Gasteiger partial charge is 0.177 e. The van der Waals surface area contributed by atoms with Crippen molar-refractivity contribution < 1.29 is 9.50 Å². The third-order valence-electron chi connectivity index (χ3n) is 2.76. The van der Waals surface area contributed by atoms with Crippen LogP contribution in [0.3, 0.4) is 0 Å². The number of hydrogen-bond donors (Lipinski definition) is 1. The summed E-state index contributed by atoms with van der Waals surface area (Å²) in [4.78, 5) is 2.12. The van der Waals surface area contributed by atoms with Crippen LogP contribution in [-0.4, -0.2) is 25.3 Å². The molecular weight excluding hydrogens is 267 g/mol. The number of aromatic nitrogens is 4. The topological polar surface area (TPSA) is 63.8 Å². The monoisotopic (exact) mass is 278 g/mol. The Morgan fingerprint density at radius 3 is 3.00 bits per heavy atom. The highest BCUT2D eigenvalue weighted by Gasteiger charge is 2.15. The van der Waals surface area contributed by atoms with Crippen molar-refractivity contribution in [1.82, 2.24) is 20.2 Å². The van der Waals surface area contributed by atoms with Gasteiger partial charge in [-0.15, -0.1) is 21.5 Å². The molecule has 2 aromatic heterocycles. The Morgan fingerprint density at radius 1 is 1.42 bits per heavy atom. The number of nitrogens with zero attached hydrogens (tertiary/aromatic N) is 4. The molecule has 0 aliphatic heterocycles. The number of benzene rings is 1. The van der Waals surface area contributed by atoms with E-state index in [0.717, 1.165) is 15.0 Å². The van der Waals surface area contributed by atoms with Gasteiger partial charge in [0.05, 0.1) is 13.2 Å². The van der Waals surface area contributed by atoms with E-state index in [2.05, 4.69) is 15.4 Å². The lowest BCUT2D eigenvalue weighted by molar-refractivity contribution is 0.179. The fourth-order valence-electron chi connectivity index (χ4n) is 1.87. The maximum Gasteiger partial charge on any atom is 0.177 e. The summed E-state index contributed by atoms with van der Waals surface area (Å²) in [6.45, 7) is 0. The fourth-order valence-corrected chi connectivity index (χ4v) is 2.94. The Morgan fingerprint density at radius 2 is 2.26 bits per heavy atom. The van der Waals surface area contributed by atoms with Gasteiger partial charge >= 0.3 is 0 Å². The van der Waals surface area contributed by atoms with Crippen LogP contribution >= 0.6 is 11.3 Å². The van der Waals surface area contributed by atoms with Crippen molar-refractivity contribution >= 4 is 21.4 Å². The van der Waals surface area contributed by atoms with Crippen LogP contribution in [0.5, 0.6) is 0 Å². The van der Waals surface area contributed by atoms with Gasteiger partial charge in [-0.2, -0.15) is 4.80 Å². The third kappa shape index (κ3) is 2.47. The molecule has 0 spiro atoms. The van der Waals surface area contributed by atoms with Gasteiger partial charge in [-0.05, 0) is 28.8 Å². The summed E-state index contributed by atoms with van der Waals surface area (Å²) in [6.07, 6.45) is -0.409. The quantitative estimate of drug-likeness (QED) is 0.794. The molecule has 1 unspecified atom stereocenters. The van der Waals surface area contributed by atoms with Crippen molar-refractivity contribution in [2.24, 2.45) is 7.05 Å². The molecule has 5 nitrogen and oxygen atoms in total. The highest BCUT2D eigenvalue weighted by molar-refractivity contribution is 7.19. The van der Waals surface area contributed by atoms with Crippen LogP contribution in [0, 0.1) is 5.82 Å². The Hall–Kier alpha value is -1.86. The molecule has 0 saturated carbocycles. The number of tetrazole rings is 1. The lowest BCUT2D eigenvalue weighted by Crippen LogP contribution is -2.02. The first-order valence-corrected chi connectivity index (χ1v) is 6.53. The Bertz CT molecular complexity index is 723. The van der Waals surface area contributed by atoms with E-state index in [1.54, 1.807) is 13.1 Å². The SMILES string of the molecule is Cn1nnc(CC(O)c2cc3ccc(F)cc3s2)n1. The number of aryl methyl sites for hydroxylation is 1. The molecule has 0 saturated heterocycles. The minimum atomic E-state index is -0.704. The van der Waals surface area contributed by atoms with Crippen molar-refractivity contribution in [1.29, 1.82) is 0 Å². The molecule has 0 fully saturated rings. The van der Waals surface area contributed by atoms with Crippen molar-refractivity contribution in [3.8, 4) is 0 Å². The number of hydrogen-bond acceptors (Lipinski definition) is 5. The molecule has 1 aromatic carbocycles. The number of thiophene rings is 1. The first-order chi connectivity index (χ1) is 9.11. The van der Waals surface area contributed by atoms with Gasteiger partial charge in [-0.1, -0.05) is 6.07 Å². The molecule has 3 rings (SSSR count). The Kier molecular flexibility index (Phi) is 3.00. The van der Waals surface area contributed by atoms with Crippen molar-refractivity contribution in [3.05, 3.63) is 40.8 Å². The minimum Gasteiger partial charge on any atom is -0.387 e. The second-order valence-electron chi connectivity index (χ2n) is 4.25. The predicted molar refractivity (Wildman–Crippen MR) is 69.2 cm³/mol. The standard InChI is InChI=1S/C12H11FN4OS/c1-17-15-12(14-16-17)6-9(18)11-4-7-2-3-8(13)5-10(7)19-11/h2-5,9,18H,6H2,1H3. The molecule has 0 bridgehead atoms. The minimum absolute atomic E-state index is 0.272. The fraction of sp³-hybridized carbons (Fsp3) is 0.250. The number of fused-ring (bicyclic) bond motifs is 1. The zero-order valence-corrected chi connectivity index (χ0v) is 10.9. The van der Waals surface area contributed by atoms with Gasteiger partial charge in [0.25, 0.3) is 0 Å². The molecule has 98 valence electrons. The summed E-state index contributed by atoms with van der Waals surface area (Å²) in [6, 6.07) is 6.45. The molecule has 1 N–H and O–H groups in total. The van der Waals surface area contributed by atoms with E-state index in [9.17, 15) is 9.50 Å². The van der Waals surface area contributed by atoms with Crippen LogP contribution in [0.25, 0.3) is 10.1 Å². The number of aliphatic hydroxyl groups is 1. The summed E-state index contributed by atoms with van der Waals surface area (Å²) in [5.74, 6) is 0.213. The second kappa shape index (κ2) is 4.67. The van der Waals surface area contributed by atoms with Crippen LogP contribution in [0.15, 0.2) is 24.3 Å². The highest BCUT2D eigenvalue weighted by atomic mass is 32.1. The lowest BCUT2D eigenvalue weighted by atomic mass is 10.2. The van der Waals surface area contributed by atoms with Crippen LogP contribution in [0.1, 0.15) is 16.8 Å². The maximum absolute atomic E-state index is 13.1. The normalized spacial score (nSPS) is 13.0. The number of aliphatic hydroxyl groups excluding tert-OH is 1. The summed E-state index contributed by atoms with van der Waals surface area (Å²) >= 11 is 1.37. The molecule has 7 heteroatoms. The number of halogens is 1. The first kappa shape index (κ1) is 12.2. The third-order valence-corrected chi connectivity index (χ3v) is 3.95. The van der Waals surface area contributed by atoms with E-state index in [1.165, 1.54) is 28.3 Å². The molecule has 0 aliphatic carbocycles. The van der Waals surface area contributed by atoms with E-state index in [1.807, 2.05) is 6.07 Å². The van der Waals surface area contributed by atoms with Gasteiger partial charge in [0.1, 0.15) is 5.82 Å². The van der Waals surface area contributed by atoms with Crippen molar-refractivity contribution in [2.75, 3.05) is 0 Å². The average molecular weight is 278 g/mol. The molecule has 2 heterocycles. The molecule has 1 atom stereocenters. The van der Waals surface area contributed by atoms with Crippen LogP contribution in [0.2, 0.25) is 0 Å². The first-order valence-electron chi connectivity index (χ1n) is 5.72. The summed E-state index contributed by atoms with van der Waals surface area (Å²) in [5.41, 5.74) is 0. The van der Waals surface area contributed by atoms with Gasteiger partial charge < -0.3 is 5.11 Å². The highest BCUT2D eigenvalue weighted by Crippen LogP contribution is 2.31. The van der Waals surface area contributed by atoms with Gasteiger partial charge in [0.15, 0.2) is 5.82 Å². The van der Waals surface area contributed by atoms with E-state index in [-0.39, 0.29) is 5.82 Å². The van der Waals surface area contributed by atoms with Crippen LogP contribution in [-0.2, 0) is 13.5 Å². The molecule has 0 amide bonds. The predicted octanol–water partition coefficient (Wildman–Crippen LogP) is 1.84. The Labute approximate surface area is 112 Å². The molecule has 19 heavy (non-hydrogen) atoms. The van der Waals surface area contributed by atoms with E-state index in [4.69, 9.17) is 0 Å². The number of rotatable bonds is 3. The molecular formula is C12H11FN4OS. The zero-order chi connectivity index (χ0) is 13.4. The van der Waals surface area contributed by atoms with Crippen molar-refractivity contribution in [3.63, 3.8) is 0 Å². The molecule has 0 radical (unpaired) electrons. The Balaban J connectivity index is 1.86. The zero-order valence-electron chi connectivity index (χ0n) is 10.1. The van der Waals surface area contributed by atoms with Gasteiger partial charge in [-0.25, -0.2) is 4.39 Å². The molecule has 0 aliphatic rings. The molecule has 3 aromatic rings. The average Bonchev–Trinajstić information content (AvgIpc) is 2.95. The van der Waals surface area contributed by atoms with E-state index >= 15 is 0 Å². The largest absolute Gasteiger partial charge is 0.387 e. The summed E-state index contributed by atoms with van der Waals surface area (Å²) in [5, 5.41) is 22.7. The van der Waals surface area contributed by atoms with Crippen LogP contribution < -0.4 is 0 Å². The maximum atomic E-state index is 13.1. The second-order valence-corrected chi connectivity index (χ2v) is 5.36. The summed E-state index contributed by atoms with van der Waals surface area (Å²) in [7, 11) is 1.67. The summed E-state index contributed by atoms with van der Waals surface area (Å²) < 4.78 is 13.9. The van der Waals surface area contributed by atoms with E-state index in [0.29, 0.717) is 12.2 Å². The van der Waals surface area contributed by atoms with Crippen molar-refractivity contribution in [2.45, 2.75) is 12.5 Å². The van der Waals surface area contributed by atoms with Gasteiger partial charge in [0.2, 0.25) is 0 Å².